The predicted octanol–water partition coefficient (Wildman–Crippen LogP) is 4.93. The van der Waals surface area contributed by atoms with Crippen molar-refractivity contribution in [3.05, 3.63) is 54.1 Å². The second-order valence-electron chi connectivity index (χ2n) is 7.49. The minimum Gasteiger partial charge on any atom is -0.493 e. The lowest BCUT2D eigenvalue weighted by Gasteiger charge is -2.33. The van der Waals surface area contributed by atoms with Crippen molar-refractivity contribution in [1.29, 1.82) is 0 Å². The number of benzene rings is 2. The van der Waals surface area contributed by atoms with E-state index in [2.05, 4.69) is 6.92 Å². The van der Waals surface area contributed by atoms with Gasteiger partial charge in [-0.1, -0.05) is 18.2 Å². The molecular weight excluding hydrogens is 364 g/mol. The molecule has 1 aliphatic heterocycles. The highest BCUT2D eigenvalue weighted by atomic mass is 16.5. The summed E-state index contributed by atoms with van der Waals surface area (Å²) in [6.45, 7) is 2.94. The van der Waals surface area contributed by atoms with Crippen LogP contribution in [0.3, 0.4) is 0 Å². The highest BCUT2D eigenvalue weighted by molar-refractivity contribution is 6.07. The van der Waals surface area contributed by atoms with E-state index >= 15 is 0 Å². The van der Waals surface area contributed by atoms with Crippen LogP contribution in [0.15, 0.2) is 48.5 Å². The molecule has 0 saturated carbocycles. The molecule has 0 N–H and O–H groups in total. The lowest BCUT2D eigenvalue weighted by molar-refractivity contribution is 0.0637. The number of likely N-dealkylation sites (tertiary alicyclic amines) is 1. The number of rotatable bonds is 4. The maximum Gasteiger partial charge on any atom is 0.254 e. The Bertz CT molecular complexity index is 1050. The molecule has 2 heterocycles. The molecule has 1 aliphatic rings. The number of hydrogen-bond acceptors (Lipinski definition) is 4. The normalized spacial score (nSPS) is 16.7. The van der Waals surface area contributed by atoms with Gasteiger partial charge in [-0.2, -0.15) is 0 Å². The van der Waals surface area contributed by atoms with Crippen molar-refractivity contribution in [2.75, 3.05) is 20.8 Å². The summed E-state index contributed by atoms with van der Waals surface area (Å²) in [6, 6.07) is 15.7. The second-order valence-corrected chi connectivity index (χ2v) is 7.49. The lowest BCUT2D eigenvalue weighted by atomic mass is 9.99. The Kier molecular flexibility index (Phi) is 5.38. The zero-order valence-electron chi connectivity index (χ0n) is 17.1. The van der Waals surface area contributed by atoms with Gasteiger partial charge in [0.2, 0.25) is 0 Å². The van der Waals surface area contributed by atoms with Crippen molar-refractivity contribution in [1.82, 2.24) is 9.88 Å². The number of methoxy groups -OCH3 is 2. The Hall–Kier alpha value is -3.08. The molecule has 2 aromatic carbocycles. The third-order valence-electron chi connectivity index (χ3n) is 5.69. The van der Waals surface area contributed by atoms with Gasteiger partial charge in [-0.05, 0) is 56.5 Å². The number of para-hydroxylation sites is 1. The Labute approximate surface area is 171 Å². The summed E-state index contributed by atoms with van der Waals surface area (Å²) in [5, 5.41) is 0.888. The highest BCUT2D eigenvalue weighted by Crippen LogP contribution is 2.33. The van der Waals surface area contributed by atoms with Gasteiger partial charge in [-0.25, -0.2) is 4.98 Å². The van der Waals surface area contributed by atoms with Crippen LogP contribution in [0, 0.1) is 0 Å². The first-order valence-corrected chi connectivity index (χ1v) is 10.1. The van der Waals surface area contributed by atoms with Crippen LogP contribution in [-0.4, -0.2) is 42.6 Å². The van der Waals surface area contributed by atoms with Crippen molar-refractivity contribution < 1.29 is 14.3 Å². The molecule has 0 radical (unpaired) electrons. The second kappa shape index (κ2) is 8.11. The number of ether oxygens (including phenoxy) is 2. The molecule has 0 spiro atoms. The number of amides is 1. The summed E-state index contributed by atoms with van der Waals surface area (Å²) in [4.78, 5) is 20.3. The van der Waals surface area contributed by atoms with Crippen LogP contribution in [-0.2, 0) is 0 Å². The number of fused-ring (bicyclic) bond motifs is 1. The molecule has 1 unspecified atom stereocenters. The first-order valence-electron chi connectivity index (χ1n) is 10.1. The monoisotopic (exact) mass is 390 g/mol. The standard InChI is InChI=1S/C24H26N2O3/c1-16-8-6-7-13-26(16)24(27)19-15-21(25-20-10-5-4-9-18(19)20)17-11-12-22(28-2)23(14-17)29-3/h4-5,9-12,14-16H,6-8,13H2,1-3H3. The van der Waals surface area contributed by atoms with Gasteiger partial charge in [-0.3, -0.25) is 4.79 Å². The zero-order valence-corrected chi connectivity index (χ0v) is 17.1. The summed E-state index contributed by atoms with van der Waals surface area (Å²) >= 11 is 0. The maximum absolute atomic E-state index is 13.5. The Morgan fingerprint density at radius 3 is 2.59 bits per heavy atom. The molecule has 29 heavy (non-hydrogen) atoms. The third-order valence-corrected chi connectivity index (χ3v) is 5.69. The van der Waals surface area contributed by atoms with Gasteiger partial charge >= 0.3 is 0 Å². The Balaban J connectivity index is 1.84. The maximum atomic E-state index is 13.5. The molecule has 150 valence electrons. The van der Waals surface area contributed by atoms with Gasteiger partial charge in [0.25, 0.3) is 5.91 Å². The molecule has 5 nitrogen and oxygen atoms in total. The number of carbonyl (C=O) groups is 1. The summed E-state index contributed by atoms with van der Waals surface area (Å²) < 4.78 is 10.8. The fourth-order valence-electron chi connectivity index (χ4n) is 4.05. The Morgan fingerprint density at radius 1 is 1.03 bits per heavy atom. The molecule has 1 saturated heterocycles. The van der Waals surface area contributed by atoms with E-state index in [0.717, 1.165) is 41.5 Å². The van der Waals surface area contributed by atoms with E-state index in [1.54, 1.807) is 14.2 Å². The van der Waals surface area contributed by atoms with Crippen LogP contribution < -0.4 is 9.47 Å². The van der Waals surface area contributed by atoms with E-state index in [9.17, 15) is 4.79 Å². The van der Waals surface area contributed by atoms with E-state index in [1.807, 2.05) is 53.4 Å². The number of piperidine rings is 1. The summed E-state index contributed by atoms with van der Waals surface area (Å²) in [6.07, 6.45) is 3.29. The van der Waals surface area contributed by atoms with Crippen molar-refractivity contribution in [2.45, 2.75) is 32.2 Å². The zero-order chi connectivity index (χ0) is 20.4. The number of carbonyl (C=O) groups excluding carboxylic acids is 1. The summed E-state index contributed by atoms with van der Waals surface area (Å²) in [5.41, 5.74) is 3.15. The molecule has 1 fully saturated rings. The molecule has 1 amide bonds. The van der Waals surface area contributed by atoms with Gasteiger partial charge in [0.05, 0.1) is 31.0 Å². The predicted molar refractivity (Wildman–Crippen MR) is 115 cm³/mol. The first-order chi connectivity index (χ1) is 14.1. The minimum atomic E-state index is 0.0810. The number of aromatic nitrogens is 1. The SMILES string of the molecule is COc1ccc(-c2cc(C(=O)N3CCCCC3C)c3ccccc3n2)cc1OC. The molecule has 3 aromatic rings. The van der Waals surface area contributed by atoms with Crippen LogP contribution in [0.4, 0.5) is 0 Å². The average molecular weight is 390 g/mol. The highest BCUT2D eigenvalue weighted by Gasteiger charge is 2.26. The molecular formula is C24H26N2O3. The molecule has 1 aromatic heterocycles. The van der Waals surface area contributed by atoms with Crippen LogP contribution in [0.2, 0.25) is 0 Å². The van der Waals surface area contributed by atoms with E-state index in [-0.39, 0.29) is 11.9 Å². The van der Waals surface area contributed by atoms with Crippen molar-refractivity contribution in [3.8, 4) is 22.8 Å². The van der Waals surface area contributed by atoms with Crippen molar-refractivity contribution in [3.63, 3.8) is 0 Å². The quantitative estimate of drug-likeness (QED) is 0.634. The topological polar surface area (TPSA) is 51.7 Å². The summed E-state index contributed by atoms with van der Waals surface area (Å²) in [7, 11) is 3.23. The molecule has 1 atom stereocenters. The summed E-state index contributed by atoms with van der Waals surface area (Å²) in [5.74, 6) is 1.38. The average Bonchev–Trinajstić information content (AvgIpc) is 2.77. The smallest absolute Gasteiger partial charge is 0.254 e. The number of pyridine rings is 1. The molecule has 0 aliphatic carbocycles. The van der Waals surface area contributed by atoms with Gasteiger partial charge in [0.15, 0.2) is 11.5 Å². The number of nitrogens with zero attached hydrogens (tertiary/aromatic N) is 2. The molecule has 4 rings (SSSR count). The molecule has 5 heteroatoms. The van der Waals surface area contributed by atoms with E-state index in [0.29, 0.717) is 17.1 Å². The van der Waals surface area contributed by atoms with Gasteiger partial charge in [-0.15, -0.1) is 0 Å². The van der Waals surface area contributed by atoms with Crippen LogP contribution in [0.1, 0.15) is 36.5 Å². The third kappa shape index (κ3) is 3.65. The van der Waals surface area contributed by atoms with Crippen molar-refractivity contribution in [2.24, 2.45) is 0 Å². The lowest BCUT2D eigenvalue weighted by Crippen LogP contribution is -2.42. The largest absolute Gasteiger partial charge is 0.493 e. The fraction of sp³-hybridized carbons (Fsp3) is 0.333. The fourth-order valence-corrected chi connectivity index (χ4v) is 4.05. The van der Waals surface area contributed by atoms with Gasteiger partial charge in [0, 0.05) is 23.5 Å². The van der Waals surface area contributed by atoms with Crippen LogP contribution in [0.25, 0.3) is 22.2 Å². The first kappa shape index (κ1) is 19.2. The minimum absolute atomic E-state index is 0.0810. The van der Waals surface area contributed by atoms with Gasteiger partial charge < -0.3 is 14.4 Å². The Morgan fingerprint density at radius 2 is 1.83 bits per heavy atom. The van der Waals surface area contributed by atoms with E-state index in [4.69, 9.17) is 14.5 Å². The molecule has 0 bridgehead atoms. The number of hydrogen-bond donors (Lipinski definition) is 0. The van der Waals surface area contributed by atoms with Crippen molar-refractivity contribution >= 4 is 16.8 Å². The van der Waals surface area contributed by atoms with Gasteiger partial charge in [0.1, 0.15) is 0 Å². The van der Waals surface area contributed by atoms with E-state index < -0.39 is 0 Å². The van der Waals surface area contributed by atoms with E-state index in [1.165, 1.54) is 6.42 Å². The van der Waals surface area contributed by atoms with Crippen LogP contribution >= 0.6 is 0 Å². The van der Waals surface area contributed by atoms with Crippen LogP contribution in [0.5, 0.6) is 11.5 Å².